The third-order valence-electron chi connectivity index (χ3n) is 6.08. The zero-order chi connectivity index (χ0) is 24.1. The van der Waals surface area contributed by atoms with Gasteiger partial charge in [0.05, 0.1) is 5.92 Å². The molecular formula is C24H18F2N4O5. The van der Waals surface area contributed by atoms with Crippen LogP contribution in [-0.2, 0) is 16.1 Å². The lowest BCUT2D eigenvalue weighted by atomic mass is 10.1. The number of carbonyl (C=O) groups excluding carboxylic acids is 2. The topological polar surface area (TPSA) is 111 Å². The van der Waals surface area contributed by atoms with Gasteiger partial charge in [0, 0.05) is 23.7 Å². The van der Waals surface area contributed by atoms with Crippen molar-refractivity contribution in [1.29, 1.82) is 0 Å². The average molecular weight is 480 g/mol. The molecule has 9 nitrogen and oxygen atoms in total. The molecule has 3 amide bonds. The molecule has 0 saturated heterocycles. The molecule has 35 heavy (non-hydrogen) atoms. The van der Waals surface area contributed by atoms with E-state index in [2.05, 4.69) is 21.1 Å². The van der Waals surface area contributed by atoms with Crippen LogP contribution in [0.1, 0.15) is 23.5 Å². The standard InChI is InChI=1S/C24H18F2N4O5/c25-14-2-1-3-15(26)20(14)29-24(32)30-35-22-19-13-10-11(4-6-16(13)34-21(19)22)33-17-8-9-27-23-12(17)5-7-18(31)28-23/h1-4,6,8-10,19,21-22H,5,7H2,(H,27,28,31)(H2,29,30,32)/t19-,21+,22+/m1/s1. The van der Waals surface area contributed by atoms with Crippen molar-refractivity contribution in [3.05, 3.63) is 71.4 Å². The number of para-hydroxylation sites is 1. The maximum atomic E-state index is 13.7. The molecule has 2 aliphatic heterocycles. The number of hydroxylamine groups is 1. The Labute approximate surface area is 197 Å². The fourth-order valence-electron chi connectivity index (χ4n) is 4.35. The van der Waals surface area contributed by atoms with Crippen LogP contribution < -0.4 is 25.6 Å². The van der Waals surface area contributed by atoms with Gasteiger partial charge in [-0.1, -0.05) is 6.07 Å². The van der Waals surface area contributed by atoms with Crippen molar-refractivity contribution >= 4 is 23.4 Å². The van der Waals surface area contributed by atoms with Crippen LogP contribution in [0.15, 0.2) is 48.7 Å². The van der Waals surface area contributed by atoms with Gasteiger partial charge in [-0.3, -0.25) is 9.63 Å². The molecule has 0 radical (unpaired) electrons. The summed E-state index contributed by atoms with van der Waals surface area (Å²) in [6.07, 6.45) is 1.71. The number of rotatable bonds is 5. The van der Waals surface area contributed by atoms with Gasteiger partial charge in [-0.25, -0.2) is 24.0 Å². The van der Waals surface area contributed by atoms with Crippen molar-refractivity contribution in [1.82, 2.24) is 10.5 Å². The quantitative estimate of drug-likeness (QED) is 0.476. The van der Waals surface area contributed by atoms with Crippen LogP contribution in [0, 0.1) is 11.6 Å². The highest BCUT2D eigenvalue weighted by Crippen LogP contribution is 2.55. The van der Waals surface area contributed by atoms with Crippen LogP contribution in [0.5, 0.6) is 17.2 Å². The second-order valence-electron chi connectivity index (χ2n) is 8.33. The summed E-state index contributed by atoms with van der Waals surface area (Å²) >= 11 is 0. The van der Waals surface area contributed by atoms with E-state index >= 15 is 0 Å². The molecule has 11 heteroatoms. The number of ether oxygens (including phenoxy) is 2. The number of halogens is 2. The fourth-order valence-corrected chi connectivity index (χ4v) is 4.35. The Morgan fingerprint density at radius 2 is 1.97 bits per heavy atom. The Morgan fingerprint density at radius 1 is 1.14 bits per heavy atom. The molecule has 1 aliphatic carbocycles. The Morgan fingerprint density at radius 3 is 2.80 bits per heavy atom. The van der Waals surface area contributed by atoms with Crippen molar-refractivity contribution < 1.29 is 32.7 Å². The molecule has 3 N–H and O–H groups in total. The van der Waals surface area contributed by atoms with Crippen molar-refractivity contribution in [3.8, 4) is 17.2 Å². The number of amides is 3. The SMILES string of the molecule is O=C1CCc2c(Oc3ccc4c(c3)[C@H]3[C@H](ONC(=O)Nc5c(F)cccc5F)[C@H]3O4)ccnc2N1. The highest BCUT2D eigenvalue weighted by atomic mass is 19.1. The molecule has 3 aromatic rings. The van der Waals surface area contributed by atoms with Crippen LogP contribution in [0.4, 0.5) is 25.1 Å². The number of benzene rings is 2. The van der Waals surface area contributed by atoms with Gasteiger partial charge >= 0.3 is 6.03 Å². The number of pyridine rings is 1. The lowest BCUT2D eigenvalue weighted by molar-refractivity contribution is -0.116. The van der Waals surface area contributed by atoms with Crippen LogP contribution in [0.3, 0.4) is 0 Å². The first-order valence-corrected chi connectivity index (χ1v) is 10.9. The fraction of sp³-hybridized carbons (Fsp3) is 0.208. The van der Waals surface area contributed by atoms with Crippen molar-refractivity contribution in [2.24, 2.45) is 0 Å². The summed E-state index contributed by atoms with van der Waals surface area (Å²) in [4.78, 5) is 33.3. The Bertz CT molecular complexity index is 1350. The number of hydrogen-bond donors (Lipinski definition) is 3. The predicted octanol–water partition coefficient (Wildman–Crippen LogP) is 4.02. The summed E-state index contributed by atoms with van der Waals surface area (Å²) in [5.41, 5.74) is 3.29. The number of fused-ring (bicyclic) bond motifs is 4. The van der Waals surface area contributed by atoms with Gasteiger partial charge < -0.3 is 20.1 Å². The minimum atomic E-state index is -0.911. The van der Waals surface area contributed by atoms with E-state index in [0.717, 1.165) is 23.3 Å². The molecule has 0 unspecified atom stereocenters. The molecule has 178 valence electrons. The summed E-state index contributed by atoms with van der Waals surface area (Å²) in [6, 6.07) is 9.52. The Hall–Kier alpha value is -4.25. The predicted molar refractivity (Wildman–Crippen MR) is 118 cm³/mol. The summed E-state index contributed by atoms with van der Waals surface area (Å²) in [5.74, 6) is 0.357. The number of aromatic nitrogens is 1. The van der Waals surface area contributed by atoms with Crippen LogP contribution >= 0.6 is 0 Å². The first kappa shape index (κ1) is 21.3. The van der Waals surface area contributed by atoms with Crippen molar-refractivity contribution in [2.75, 3.05) is 10.6 Å². The normalized spacial score (nSPS) is 21.1. The maximum absolute atomic E-state index is 13.7. The summed E-state index contributed by atoms with van der Waals surface area (Å²) in [7, 11) is 0. The van der Waals surface area contributed by atoms with Gasteiger partial charge in [0.15, 0.2) is 0 Å². The molecule has 1 fully saturated rings. The number of anilines is 2. The highest BCUT2D eigenvalue weighted by molar-refractivity contribution is 5.93. The second kappa shape index (κ2) is 8.20. The Balaban J connectivity index is 1.11. The van der Waals surface area contributed by atoms with E-state index in [1.807, 2.05) is 6.07 Å². The number of carbonyl (C=O) groups is 2. The average Bonchev–Trinajstić information content (AvgIpc) is 3.39. The molecule has 3 heterocycles. The zero-order valence-electron chi connectivity index (χ0n) is 18.0. The largest absolute Gasteiger partial charge is 0.487 e. The number of nitrogens with one attached hydrogen (secondary N) is 3. The summed E-state index contributed by atoms with van der Waals surface area (Å²) in [6.45, 7) is 0. The molecule has 1 aromatic heterocycles. The molecule has 2 aromatic carbocycles. The van der Waals surface area contributed by atoms with E-state index in [1.165, 1.54) is 6.07 Å². The molecule has 0 spiro atoms. The molecule has 1 saturated carbocycles. The summed E-state index contributed by atoms with van der Waals surface area (Å²) < 4.78 is 39.4. The van der Waals surface area contributed by atoms with Crippen LogP contribution in [-0.4, -0.2) is 29.1 Å². The molecule has 0 bridgehead atoms. The lowest BCUT2D eigenvalue weighted by Crippen LogP contribution is -2.31. The van der Waals surface area contributed by atoms with Gasteiger partial charge in [0.2, 0.25) is 5.91 Å². The Kier molecular flexibility index (Phi) is 4.99. The minimum Gasteiger partial charge on any atom is -0.487 e. The lowest BCUT2D eigenvalue weighted by Gasteiger charge is -2.19. The molecule has 6 rings (SSSR count). The van der Waals surface area contributed by atoms with Gasteiger partial charge in [0.25, 0.3) is 0 Å². The van der Waals surface area contributed by atoms with E-state index in [1.54, 1.807) is 24.4 Å². The highest BCUT2D eigenvalue weighted by Gasteiger charge is 2.61. The number of urea groups is 1. The van der Waals surface area contributed by atoms with E-state index < -0.39 is 29.5 Å². The molecular weight excluding hydrogens is 462 g/mol. The molecule has 3 aliphatic rings. The van der Waals surface area contributed by atoms with Gasteiger partial charge in [0.1, 0.15) is 52.6 Å². The van der Waals surface area contributed by atoms with Gasteiger partial charge in [-0.2, -0.15) is 0 Å². The van der Waals surface area contributed by atoms with Crippen LogP contribution in [0.2, 0.25) is 0 Å². The summed E-state index contributed by atoms with van der Waals surface area (Å²) in [5, 5.41) is 4.84. The minimum absolute atomic E-state index is 0.0797. The van der Waals surface area contributed by atoms with Crippen LogP contribution in [0.25, 0.3) is 0 Å². The van der Waals surface area contributed by atoms with Gasteiger partial charge in [-0.05, 0) is 42.8 Å². The maximum Gasteiger partial charge on any atom is 0.343 e. The smallest absolute Gasteiger partial charge is 0.343 e. The monoisotopic (exact) mass is 480 g/mol. The number of hydrogen-bond acceptors (Lipinski definition) is 6. The van der Waals surface area contributed by atoms with Crippen molar-refractivity contribution in [2.45, 2.75) is 31.0 Å². The van der Waals surface area contributed by atoms with Crippen molar-refractivity contribution in [3.63, 3.8) is 0 Å². The van der Waals surface area contributed by atoms with Gasteiger partial charge in [-0.15, -0.1) is 0 Å². The third kappa shape index (κ3) is 3.89. The van der Waals surface area contributed by atoms with E-state index in [0.29, 0.717) is 35.9 Å². The van der Waals surface area contributed by atoms with E-state index in [-0.39, 0.29) is 17.9 Å². The van der Waals surface area contributed by atoms with E-state index in [4.69, 9.17) is 14.3 Å². The second-order valence-corrected chi connectivity index (χ2v) is 8.33. The molecule has 3 atom stereocenters. The first-order valence-electron chi connectivity index (χ1n) is 10.9. The number of nitrogens with zero attached hydrogens (tertiary/aromatic N) is 1. The third-order valence-corrected chi connectivity index (χ3v) is 6.08. The zero-order valence-corrected chi connectivity index (χ0v) is 18.0. The van der Waals surface area contributed by atoms with E-state index in [9.17, 15) is 18.4 Å². The first-order chi connectivity index (χ1) is 17.0.